The molecule has 0 saturated heterocycles. The van der Waals surface area contributed by atoms with Crippen LogP contribution in [0.2, 0.25) is 0 Å². The molecule has 0 radical (unpaired) electrons. The summed E-state index contributed by atoms with van der Waals surface area (Å²) < 4.78 is 37.2. The number of H-pyrrole nitrogens is 1. The second kappa shape index (κ2) is 4.13. The van der Waals surface area contributed by atoms with Crippen LogP contribution in [0.5, 0.6) is 5.88 Å². The monoisotopic (exact) mass is 257 g/mol. The van der Waals surface area contributed by atoms with Gasteiger partial charge in [0.15, 0.2) is 5.56 Å². The molecule has 8 heteroatoms. The van der Waals surface area contributed by atoms with Crippen LogP contribution in [-0.2, 0) is 6.18 Å². The smallest absolute Gasteiger partial charge is 0.426 e. The molecule has 0 amide bonds. The molecular weight excluding hydrogens is 251 g/mol. The van der Waals surface area contributed by atoms with Gasteiger partial charge >= 0.3 is 6.18 Å². The predicted octanol–water partition coefficient (Wildman–Crippen LogP) is 1.56. The van der Waals surface area contributed by atoms with E-state index in [-0.39, 0.29) is 5.82 Å². The molecule has 94 valence electrons. The number of rotatable bonds is 1. The third kappa shape index (κ3) is 2.17. The molecule has 0 spiro atoms. The lowest BCUT2D eigenvalue weighted by molar-refractivity contribution is -0.140. The Morgan fingerprint density at radius 3 is 2.56 bits per heavy atom. The van der Waals surface area contributed by atoms with E-state index < -0.39 is 23.2 Å². The summed E-state index contributed by atoms with van der Waals surface area (Å²) in [5, 5.41) is 9.20. The van der Waals surface area contributed by atoms with Crippen molar-refractivity contribution in [3.8, 4) is 17.3 Å². The average Bonchev–Trinajstić information content (AvgIpc) is 2.27. The van der Waals surface area contributed by atoms with Crippen LogP contribution >= 0.6 is 0 Å². The summed E-state index contributed by atoms with van der Waals surface area (Å²) in [6.07, 6.45) is -2.21. The van der Waals surface area contributed by atoms with E-state index >= 15 is 0 Å². The first-order chi connectivity index (χ1) is 8.39. The van der Waals surface area contributed by atoms with E-state index in [1.807, 2.05) is 4.98 Å². The van der Waals surface area contributed by atoms with Crippen LogP contribution in [0, 0.1) is 0 Å². The van der Waals surface area contributed by atoms with E-state index in [9.17, 15) is 23.1 Å². The summed E-state index contributed by atoms with van der Waals surface area (Å²) in [6, 6.07) is 3.00. The Hall–Kier alpha value is -2.38. The van der Waals surface area contributed by atoms with Crippen molar-refractivity contribution in [1.29, 1.82) is 0 Å². The quantitative estimate of drug-likeness (QED) is 0.812. The van der Waals surface area contributed by atoms with Crippen molar-refractivity contribution in [2.45, 2.75) is 6.18 Å². The highest BCUT2D eigenvalue weighted by Crippen LogP contribution is 2.32. The Kier molecular flexibility index (Phi) is 2.77. The second-order valence-electron chi connectivity index (χ2n) is 3.35. The molecule has 0 unspecified atom stereocenters. The van der Waals surface area contributed by atoms with E-state index in [1.54, 1.807) is 0 Å². The van der Waals surface area contributed by atoms with Crippen molar-refractivity contribution in [2.75, 3.05) is 0 Å². The fourth-order valence-electron chi connectivity index (χ4n) is 1.36. The van der Waals surface area contributed by atoms with Crippen LogP contribution in [0.25, 0.3) is 11.4 Å². The molecule has 2 rings (SSSR count). The standard InChI is InChI=1S/C10H6F3N3O2/c11-10(12,13)6-8(17)15-7(16-9(6)18)5-2-1-3-14-4-5/h1-4H,(H2,15,16,17,18). The lowest BCUT2D eigenvalue weighted by atomic mass is 10.2. The zero-order valence-electron chi connectivity index (χ0n) is 8.69. The summed E-state index contributed by atoms with van der Waals surface area (Å²) in [5.74, 6) is -1.54. The number of nitrogens with one attached hydrogen (secondary N) is 1. The first kappa shape index (κ1) is 12.1. The van der Waals surface area contributed by atoms with E-state index in [0.717, 1.165) is 0 Å². The number of hydrogen-bond acceptors (Lipinski definition) is 4. The number of nitrogens with zero attached hydrogens (tertiary/aromatic N) is 2. The number of aromatic hydroxyl groups is 1. The predicted molar refractivity (Wildman–Crippen MR) is 54.8 cm³/mol. The summed E-state index contributed by atoms with van der Waals surface area (Å²) in [5.41, 5.74) is -2.87. The summed E-state index contributed by atoms with van der Waals surface area (Å²) >= 11 is 0. The van der Waals surface area contributed by atoms with E-state index in [1.165, 1.54) is 24.5 Å². The van der Waals surface area contributed by atoms with Crippen molar-refractivity contribution in [2.24, 2.45) is 0 Å². The molecular formula is C10H6F3N3O2. The topological polar surface area (TPSA) is 78.9 Å². The molecule has 18 heavy (non-hydrogen) atoms. The van der Waals surface area contributed by atoms with Crippen LogP contribution in [-0.4, -0.2) is 20.1 Å². The van der Waals surface area contributed by atoms with Gasteiger partial charge in [-0.05, 0) is 12.1 Å². The lowest BCUT2D eigenvalue weighted by Crippen LogP contribution is -2.23. The van der Waals surface area contributed by atoms with Gasteiger partial charge in [0.1, 0.15) is 5.82 Å². The zero-order chi connectivity index (χ0) is 13.3. The highest BCUT2D eigenvalue weighted by Gasteiger charge is 2.38. The Morgan fingerprint density at radius 2 is 2.06 bits per heavy atom. The maximum Gasteiger partial charge on any atom is 0.426 e. The van der Waals surface area contributed by atoms with Gasteiger partial charge in [0.2, 0.25) is 5.88 Å². The second-order valence-corrected chi connectivity index (χ2v) is 3.35. The van der Waals surface area contributed by atoms with E-state index in [2.05, 4.69) is 9.97 Å². The summed E-state index contributed by atoms with van der Waals surface area (Å²) in [4.78, 5) is 20.3. The molecule has 2 N–H and O–H groups in total. The highest BCUT2D eigenvalue weighted by molar-refractivity contribution is 5.53. The minimum Gasteiger partial charge on any atom is -0.493 e. The van der Waals surface area contributed by atoms with Gasteiger partial charge in [0.05, 0.1) is 0 Å². The number of halogens is 3. The van der Waals surface area contributed by atoms with Crippen molar-refractivity contribution in [3.63, 3.8) is 0 Å². The first-order valence-electron chi connectivity index (χ1n) is 4.70. The first-order valence-corrected chi connectivity index (χ1v) is 4.70. The molecule has 0 aromatic carbocycles. The van der Waals surface area contributed by atoms with Crippen LogP contribution in [0.4, 0.5) is 13.2 Å². The Labute approximate surface area is 98.0 Å². The molecule has 0 atom stereocenters. The highest BCUT2D eigenvalue weighted by atomic mass is 19.4. The molecule has 2 aromatic heterocycles. The third-order valence-corrected chi connectivity index (χ3v) is 2.12. The Bertz CT molecular complexity index is 623. The van der Waals surface area contributed by atoms with Gasteiger partial charge in [-0.2, -0.15) is 18.2 Å². The Morgan fingerprint density at radius 1 is 1.33 bits per heavy atom. The number of alkyl halides is 3. The van der Waals surface area contributed by atoms with E-state index in [4.69, 9.17) is 0 Å². The molecule has 0 bridgehead atoms. The molecule has 2 heterocycles. The molecule has 0 aliphatic rings. The van der Waals surface area contributed by atoms with Crippen molar-refractivity contribution < 1.29 is 18.3 Å². The number of hydrogen-bond donors (Lipinski definition) is 2. The molecule has 2 aromatic rings. The fraction of sp³-hybridized carbons (Fsp3) is 0.100. The largest absolute Gasteiger partial charge is 0.493 e. The van der Waals surface area contributed by atoms with Gasteiger partial charge in [0.25, 0.3) is 5.56 Å². The number of aromatic amines is 1. The third-order valence-electron chi connectivity index (χ3n) is 2.12. The minimum absolute atomic E-state index is 0.182. The van der Waals surface area contributed by atoms with Gasteiger partial charge < -0.3 is 10.1 Å². The fourth-order valence-corrected chi connectivity index (χ4v) is 1.36. The maximum atomic E-state index is 12.4. The minimum atomic E-state index is -4.96. The summed E-state index contributed by atoms with van der Waals surface area (Å²) in [7, 11) is 0. The van der Waals surface area contributed by atoms with Gasteiger partial charge in [-0.3, -0.25) is 9.78 Å². The van der Waals surface area contributed by atoms with E-state index in [0.29, 0.717) is 5.56 Å². The number of aromatic nitrogens is 3. The molecule has 0 aliphatic heterocycles. The van der Waals surface area contributed by atoms with Crippen LogP contribution < -0.4 is 5.56 Å². The average molecular weight is 257 g/mol. The number of pyridine rings is 1. The van der Waals surface area contributed by atoms with Gasteiger partial charge in [0, 0.05) is 18.0 Å². The molecule has 0 aliphatic carbocycles. The van der Waals surface area contributed by atoms with Gasteiger partial charge in [-0.25, -0.2) is 0 Å². The molecule has 0 fully saturated rings. The van der Waals surface area contributed by atoms with Crippen LogP contribution in [0.1, 0.15) is 5.56 Å². The maximum absolute atomic E-state index is 12.4. The van der Waals surface area contributed by atoms with Crippen LogP contribution in [0.3, 0.4) is 0 Å². The summed E-state index contributed by atoms with van der Waals surface area (Å²) in [6.45, 7) is 0. The van der Waals surface area contributed by atoms with Gasteiger partial charge in [-0.1, -0.05) is 0 Å². The molecule has 0 saturated carbocycles. The lowest BCUT2D eigenvalue weighted by Gasteiger charge is -2.08. The van der Waals surface area contributed by atoms with Gasteiger partial charge in [-0.15, -0.1) is 0 Å². The van der Waals surface area contributed by atoms with Crippen molar-refractivity contribution in [1.82, 2.24) is 15.0 Å². The SMILES string of the molecule is O=c1[nH]c(-c2cccnc2)nc(O)c1C(F)(F)F. The normalized spacial score (nSPS) is 11.5. The van der Waals surface area contributed by atoms with Crippen molar-refractivity contribution >= 4 is 0 Å². The van der Waals surface area contributed by atoms with Crippen molar-refractivity contribution in [3.05, 3.63) is 40.4 Å². The Balaban J connectivity index is 2.61. The van der Waals surface area contributed by atoms with Crippen LogP contribution in [0.15, 0.2) is 29.3 Å². The molecule has 5 nitrogen and oxygen atoms in total. The zero-order valence-corrected chi connectivity index (χ0v) is 8.69.